The highest BCUT2D eigenvalue weighted by atomic mass is 35.5. The van der Waals surface area contributed by atoms with Crippen LogP contribution in [0.4, 0.5) is 5.82 Å². The van der Waals surface area contributed by atoms with Gasteiger partial charge in [0, 0.05) is 6.54 Å². The van der Waals surface area contributed by atoms with Gasteiger partial charge in [0.1, 0.15) is 5.02 Å². The number of halogens is 1. The summed E-state index contributed by atoms with van der Waals surface area (Å²) in [6, 6.07) is 0.346. The lowest BCUT2D eigenvalue weighted by molar-refractivity contribution is 0.300. The van der Waals surface area contributed by atoms with E-state index < -0.39 is 0 Å². The molecule has 1 aliphatic carbocycles. The minimum atomic E-state index is 0.346. The number of hydrogen-bond donors (Lipinski definition) is 1. The number of nitrogens with zero attached hydrogens (tertiary/aromatic N) is 2. The maximum absolute atomic E-state index is 6.05. The van der Waals surface area contributed by atoms with E-state index in [1.807, 2.05) is 0 Å². The lowest BCUT2D eigenvalue weighted by Gasteiger charge is -2.26. The molecule has 0 bridgehead atoms. The van der Waals surface area contributed by atoms with Gasteiger partial charge in [-0.15, -0.1) is 0 Å². The molecule has 1 aromatic heterocycles. The summed E-state index contributed by atoms with van der Waals surface area (Å²) >= 11 is 6.05. The Kier molecular flexibility index (Phi) is 4.64. The fraction of sp³-hybridized carbons (Fsp3) is 0.692. The first-order chi connectivity index (χ1) is 8.69. The summed E-state index contributed by atoms with van der Waals surface area (Å²) in [4.78, 5) is 8.17. The summed E-state index contributed by atoms with van der Waals surface area (Å²) in [5.41, 5.74) is 0. The largest absolute Gasteiger partial charge is 0.467 e. The molecule has 0 aliphatic heterocycles. The highest BCUT2D eigenvalue weighted by Gasteiger charge is 2.18. The van der Waals surface area contributed by atoms with Crippen molar-refractivity contribution in [2.75, 3.05) is 19.0 Å². The average molecular weight is 270 g/mol. The summed E-state index contributed by atoms with van der Waals surface area (Å²) in [6.07, 6.45) is 6.79. The summed E-state index contributed by atoms with van der Waals surface area (Å²) in [5.74, 6) is 2.27. The SMILES string of the molecule is COc1ncc(Cl)c(NCC2CCC(C)CC2)n1. The van der Waals surface area contributed by atoms with Crippen LogP contribution < -0.4 is 10.1 Å². The second-order valence-corrected chi connectivity index (χ2v) is 5.47. The van der Waals surface area contributed by atoms with Crippen molar-refractivity contribution in [3.05, 3.63) is 11.2 Å². The minimum Gasteiger partial charge on any atom is -0.467 e. The molecule has 0 spiro atoms. The first-order valence-corrected chi connectivity index (χ1v) is 6.87. The molecule has 0 amide bonds. The molecule has 5 heteroatoms. The number of hydrogen-bond acceptors (Lipinski definition) is 4. The van der Waals surface area contributed by atoms with Gasteiger partial charge in [0.15, 0.2) is 5.82 Å². The number of anilines is 1. The van der Waals surface area contributed by atoms with Crippen LogP contribution in [0.3, 0.4) is 0 Å². The Balaban J connectivity index is 1.89. The van der Waals surface area contributed by atoms with Gasteiger partial charge >= 0.3 is 6.01 Å². The molecule has 0 radical (unpaired) electrons. The van der Waals surface area contributed by atoms with E-state index in [0.29, 0.717) is 16.9 Å². The Morgan fingerprint density at radius 1 is 1.39 bits per heavy atom. The Hall–Kier alpha value is -1.03. The minimum absolute atomic E-state index is 0.346. The van der Waals surface area contributed by atoms with E-state index in [4.69, 9.17) is 16.3 Å². The van der Waals surface area contributed by atoms with E-state index in [0.717, 1.165) is 18.4 Å². The monoisotopic (exact) mass is 269 g/mol. The third kappa shape index (κ3) is 3.48. The highest BCUT2D eigenvalue weighted by Crippen LogP contribution is 2.29. The van der Waals surface area contributed by atoms with E-state index in [2.05, 4.69) is 22.2 Å². The van der Waals surface area contributed by atoms with Crippen molar-refractivity contribution in [2.24, 2.45) is 11.8 Å². The van der Waals surface area contributed by atoms with Crippen molar-refractivity contribution >= 4 is 17.4 Å². The Morgan fingerprint density at radius 3 is 2.78 bits per heavy atom. The molecule has 1 fully saturated rings. The van der Waals surface area contributed by atoms with Crippen LogP contribution in [0, 0.1) is 11.8 Å². The van der Waals surface area contributed by atoms with Gasteiger partial charge in [-0.2, -0.15) is 4.98 Å². The zero-order valence-corrected chi connectivity index (χ0v) is 11.7. The molecule has 0 atom stereocenters. The summed E-state index contributed by atoms with van der Waals surface area (Å²) < 4.78 is 4.99. The van der Waals surface area contributed by atoms with Crippen molar-refractivity contribution in [3.63, 3.8) is 0 Å². The van der Waals surface area contributed by atoms with Crippen LogP contribution in [-0.2, 0) is 0 Å². The summed E-state index contributed by atoms with van der Waals surface area (Å²) in [5, 5.41) is 3.85. The number of aromatic nitrogens is 2. The second kappa shape index (κ2) is 6.23. The molecule has 1 heterocycles. The second-order valence-electron chi connectivity index (χ2n) is 5.06. The van der Waals surface area contributed by atoms with E-state index in [-0.39, 0.29) is 0 Å². The molecule has 1 saturated carbocycles. The number of ether oxygens (including phenoxy) is 1. The van der Waals surface area contributed by atoms with Crippen molar-refractivity contribution in [1.82, 2.24) is 9.97 Å². The molecule has 0 aromatic carbocycles. The Bertz CT molecular complexity index is 392. The van der Waals surface area contributed by atoms with Crippen LogP contribution in [0.5, 0.6) is 6.01 Å². The first kappa shape index (κ1) is 13.4. The molecule has 0 unspecified atom stereocenters. The van der Waals surface area contributed by atoms with Crippen molar-refractivity contribution in [3.8, 4) is 6.01 Å². The summed E-state index contributed by atoms with van der Waals surface area (Å²) in [7, 11) is 1.55. The van der Waals surface area contributed by atoms with E-state index >= 15 is 0 Å². The van der Waals surface area contributed by atoms with Gasteiger partial charge in [0.2, 0.25) is 0 Å². The van der Waals surface area contributed by atoms with Crippen molar-refractivity contribution in [1.29, 1.82) is 0 Å². The lowest BCUT2D eigenvalue weighted by atomic mass is 9.83. The molecular weight excluding hydrogens is 250 g/mol. The predicted molar refractivity (Wildman–Crippen MR) is 73.2 cm³/mol. The van der Waals surface area contributed by atoms with Gasteiger partial charge in [-0.25, -0.2) is 4.98 Å². The average Bonchev–Trinajstić information content (AvgIpc) is 2.40. The van der Waals surface area contributed by atoms with E-state index in [9.17, 15) is 0 Å². The number of methoxy groups -OCH3 is 1. The molecular formula is C13H20ClN3O. The van der Waals surface area contributed by atoms with Crippen LogP contribution >= 0.6 is 11.6 Å². The van der Waals surface area contributed by atoms with Gasteiger partial charge in [0.05, 0.1) is 13.3 Å². The topological polar surface area (TPSA) is 47.0 Å². The number of rotatable bonds is 4. The molecule has 100 valence electrons. The number of nitrogens with one attached hydrogen (secondary N) is 1. The van der Waals surface area contributed by atoms with Crippen LogP contribution in [-0.4, -0.2) is 23.6 Å². The van der Waals surface area contributed by atoms with Crippen LogP contribution in [0.1, 0.15) is 32.6 Å². The quantitative estimate of drug-likeness (QED) is 0.910. The smallest absolute Gasteiger partial charge is 0.318 e. The Morgan fingerprint density at radius 2 is 2.11 bits per heavy atom. The molecule has 1 aromatic rings. The predicted octanol–water partition coefficient (Wildman–Crippen LogP) is 3.38. The highest BCUT2D eigenvalue weighted by molar-refractivity contribution is 6.32. The first-order valence-electron chi connectivity index (χ1n) is 6.49. The van der Waals surface area contributed by atoms with Gasteiger partial charge in [-0.3, -0.25) is 0 Å². The van der Waals surface area contributed by atoms with Gasteiger partial charge in [0.25, 0.3) is 0 Å². The lowest BCUT2D eigenvalue weighted by Crippen LogP contribution is -2.20. The van der Waals surface area contributed by atoms with E-state index in [1.165, 1.54) is 25.7 Å². The van der Waals surface area contributed by atoms with Crippen LogP contribution in [0.25, 0.3) is 0 Å². The maximum atomic E-state index is 6.05. The van der Waals surface area contributed by atoms with Crippen LogP contribution in [0.2, 0.25) is 5.02 Å². The zero-order valence-electron chi connectivity index (χ0n) is 10.9. The van der Waals surface area contributed by atoms with Crippen molar-refractivity contribution in [2.45, 2.75) is 32.6 Å². The van der Waals surface area contributed by atoms with E-state index in [1.54, 1.807) is 13.3 Å². The summed E-state index contributed by atoms with van der Waals surface area (Å²) in [6.45, 7) is 3.25. The van der Waals surface area contributed by atoms with Crippen molar-refractivity contribution < 1.29 is 4.74 Å². The van der Waals surface area contributed by atoms with Gasteiger partial charge < -0.3 is 10.1 Å². The molecule has 1 aliphatic rings. The third-order valence-electron chi connectivity index (χ3n) is 3.60. The standard InChI is InChI=1S/C13H20ClN3O/c1-9-3-5-10(6-4-9)7-15-12-11(14)8-16-13(17-12)18-2/h8-10H,3-7H2,1-2H3,(H,15,16,17). The molecule has 2 rings (SSSR count). The fourth-order valence-corrected chi connectivity index (χ4v) is 2.51. The molecule has 1 N–H and O–H groups in total. The zero-order chi connectivity index (χ0) is 13.0. The molecule has 0 saturated heterocycles. The van der Waals surface area contributed by atoms with Gasteiger partial charge in [-0.05, 0) is 24.7 Å². The molecule has 18 heavy (non-hydrogen) atoms. The van der Waals surface area contributed by atoms with Gasteiger partial charge in [-0.1, -0.05) is 31.4 Å². The normalized spacial score (nSPS) is 23.7. The van der Waals surface area contributed by atoms with Crippen LogP contribution in [0.15, 0.2) is 6.20 Å². The maximum Gasteiger partial charge on any atom is 0.318 e. The third-order valence-corrected chi connectivity index (χ3v) is 3.87. The molecule has 4 nitrogen and oxygen atoms in total. The Labute approximate surface area is 113 Å². The fourth-order valence-electron chi connectivity index (χ4n) is 2.35.